The first-order valence-corrected chi connectivity index (χ1v) is 18.3. The van der Waals surface area contributed by atoms with Gasteiger partial charge in [-0.3, -0.25) is 0 Å². The van der Waals surface area contributed by atoms with Crippen LogP contribution >= 0.6 is 11.3 Å². The van der Waals surface area contributed by atoms with E-state index in [-0.39, 0.29) is 0 Å². The van der Waals surface area contributed by atoms with Crippen LogP contribution in [0.15, 0.2) is 170 Å². The van der Waals surface area contributed by atoms with E-state index >= 15 is 0 Å². The van der Waals surface area contributed by atoms with Gasteiger partial charge >= 0.3 is 0 Å². The fourth-order valence-corrected chi connectivity index (χ4v) is 8.96. The third-order valence-corrected chi connectivity index (χ3v) is 11.4. The van der Waals surface area contributed by atoms with Crippen molar-refractivity contribution in [2.24, 2.45) is 0 Å². The first-order valence-electron chi connectivity index (χ1n) is 17.5. The van der Waals surface area contributed by atoms with Gasteiger partial charge in [-0.1, -0.05) is 121 Å². The van der Waals surface area contributed by atoms with Crippen molar-refractivity contribution in [3.63, 3.8) is 0 Å². The lowest BCUT2D eigenvalue weighted by molar-refractivity contribution is 0.487. The van der Waals surface area contributed by atoms with E-state index in [2.05, 4.69) is 158 Å². The highest BCUT2D eigenvalue weighted by Gasteiger charge is 2.23. The highest BCUT2D eigenvalue weighted by molar-refractivity contribution is 7.25. The molecule has 0 saturated heterocycles. The van der Waals surface area contributed by atoms with Gasteiger partial charge in [0.2, 0.25) is 0 Å². The highest BCUT2D eigenvalue weighted by Crippen LogP contribution is 2.50. The van der Waals surface area contributed by atoms with Gasteiger partial charge in [-0.25, -0.2) is 9.97 Å². The van der Waals surface area contributed by atoms with Gasteiger partial charge in [-0.2, -0.15) is 0 Å². The number of rotatable bonds is 4. The van der Waals surface area contributed by atoms with E-state index in [1.165, 1.54) is 42.2 Å². The topological polar surface area (TPSA) is 35.0 Å². The third-order valence-electron chi connectivity index (χ3n) is 10.3. The lowest BCUT2D eigenvalue weighted by atomic mass is 9.89. The first kappa shape index (κ1) is 29.1. The number of benzene rings is 8. The Kier molecular flexibility index (Phi) is 6.42. The number of para-hydroxylation sites is 1. The lowest BCUT2D eigenvalue weighted by Crippen LogP contribution is -2.00. The third kappa shape index (κ3) is 4.58. The molecule has 3 heterocycles. The van der Waals surface area contributed by atoms with Crippen molar-refractivity contribution in [2.75, 3.05) is 0 Å². The molecule has 0 bridgehead atoms. The molecule has 0 atom stereocenters. The second-order valence-electron chi connectivity index (χ2n) is 13.3. The molecule has 0 radical (unpaired) electrons. The molecule has 242 valence electrons. The molecule has 52 heavy (non-hydrogen) atoms. The molecule has 0 N–H and O–H groups in total. The molecule has 0 aliphatic carbocycles. The summed E-state index contributed by atoms with van der Waals surface area (Å²) >= 11 is 1.85. The van der Waals surface area contributed by atoms with Crippen LogP contribution in [-0.4, -0.2) is 9.97 Å². The Balaban J connectivity index is 1.04. The van der Waals surface area contributed by atoms with E-state index in [1.54, 1.807) is 0 Å². The van der Waals surface area contributed by atoms with E-state index < -0.39 is 0 Å². The van der Waals surface area contributed by atoms with E-state index in [0.717, 1.165) is 61.3 Å². The van der Waals surface area contributed by atoms with Crippen LogP contribution in [0.5, 0.6) is 11.5 Å². The minimum Gasteiger partial charge on any atom is -0.456 e. The van der Waals surface area contributed by atoms with Crippen LogP contribution in [0, 0.1) is 0 Å². The largest absolute Gasteiger partial charge is 0.456 e. The minimum atomic E-state index is 0.685. The first-order chi connectivity index (χ1) is 25.7. The Bertz CT molecular complexity index is 3050. The van der Waals surface area contributed by atoms with E-state index in [4.69, 9.17) is 14.7 Å². The van der Waals surface area contributed by atoms with Gasteiger partial charge in [0, 0.05) is 47.6 Å². The van der Waals surface area contributed by atoms with Crippen LogP contribution in [0.25, 0.3) is 97.9 Å². The van der Waals surface area contributed by atoms with Crippen molar-refractivity contribution in [1.82, 2.24) is 9.97 Å². The molecule has 0 spiro atoms. The molecule has 4 heteroatoms. The maximum Gasteiger partial charge on any atom is 0.160 e. The molecular formula is C48H28N2OS. The van der Waals surface area contributed by atoms with Gasteiger partial charge in [-0.05, 0) is 81.7 Å². The summed E-state index contributed by atoms with van der Waals surface area (Å²) < 4.78 is 9.23. The summed E-state index contributed by atoms with van der Waals surface area (Å²) in [6.45, 7) is 0. The normalized spacial score (nSPS) is 12.0. The minimum absolute atomic E-state index is 0.685. The van der Waals surface area contributed by atoms with Gasteiger partial charge in [0.05, 0.1) is 11.2 Å². The Hall–Kier alpha value is -6.62. The van der Waals surface area contributed by atoms with Crippen molar-refractivity contribution >= 4 is 53.2 Å². The summed E-state index contributed by atoms with van der Waals surface area (Å²) in [6, 6.07) is 60.1. The Morgan fingerprint density at radius 2 is 1.12 bits per heavy atom. The standard InChI is InChI=1S/C48H28N2OS/c1-2-10-29(11-3-1)30-12-8-13-32(26-30)47-39-15-4-6-18-41(39)49-48(50-47)33-21-24-42-40(27-33)38-17-9-16-37-34(23-25-43(51-42)46(37)38)31-20-22-36-35-14-5-7-19-44(35)52-45(36)28-31/h1-28H. The average Bonchev–Trinajstić information content (AvgIpc) is 3.59. The van der Waals surface area contributed by atoms with Gasteiger partial charge in [-0.15, -0.1) is 11.3 Å². The maximum atomic E-state index is 6.62. The molecule has 11 rings (SSSR count). The van der Waals surface area contributed by atoms with Crippen molar-refractivity contribution in [3.8, 4) is 67.5 Å². The molecule has 0 unspecified atom stereocenters. The zero-order valence-electron chi connectivity index (χ0n) is 27.9. The van der Waals surface area contributed by atoms with Crippen molar-refractivity contribution < 1.29 is 4.74 Å². The Morgan fingerprint density at radius 3 is 2.06 bits per heavy atom. The van der Waals surface area contributed by atoms with Crippen molar-refractivity contribution in [1.29, 1.82) is 0 Å². The summed E-state index contributed by atoms with van der Waals surface area (Å²) in [7, 11) is 0. The summed E-state index contributed by atoms with van der Waals surface area (Å²) in [5.41, 5.74) is 10.8. The number of nitrogens with zero attached hydrogens (tertiary/aromatic N) is 2. The predicted octanol–water partition coefficient (Wildman–Crippen LogP) is 13.6. The predicted molar refractivity (Wildman–Crippen MR) is 217 cm³/mol. The lowest BCUT2D eigenvalue weighted by Gasteiger charge is -2.23. The molecule has 10 aromatic rings. The molecule has 3 nitrogen and oxygen atoms in total. The molecule has 0 fully saturated rings. The molecule has 0 amide bonds. The number of thiophene rings is 1. The number of aromatic nitrogens is 2. The Labute approximate surface area is 304 Å². The molecule has 0 saturated carbocycles. The van der Waals surface area contributed by atoms with Gasteiger partial charge in [0.15, 0.2) is 5.82 Å². The number of ether oxygens (including phenoxy) is 1. The number of fused-ring (bicyclic) bond motifs is 6. The fraction of sp³-hybridized carbons (Fsp3) is 0. The summed E-state index contributed by atoms with van der Waals surface area (Å²) in [6.07, 6.45) is 0. The zero-order valence-corrected chi connectivity index (χ0v) is 28.7. The summed E-state index contributed by atoms with van der Waals surface area (Å²) in [4.78, 5) is 10.4. The Morgan fingerprint density at radius 1 is 0.385 bits per heavy atom. The highest BCUT2D eigenvalue weighted by atomic mass is 32.1. The van der Waals surface area contributed by atoms with Crippen LogP contribution in [0.2, 0.25) is 0 Å². The molecule has 1 aliphatic heterocycles. The van der Waals surface area contributed by atoms with E-state index in [9.17, 15) is 0 Å². The monoisotopic (exact) mass is 680 g/mol. The van der Waals surface area contributed by atoms with Gasteiger partial charge < -0.3 is 4.74 Å². The van der Waals surface area contributed by atoms with Crippen LogP contribution < -0.4 is 4.74 Å². The second kappa shape index (κ2) is 11.5. The van der Waals surface area contributed by atoms with Crippen molar-refractivity contribution in [2.45, 2.75) is 0 Å². The fourth-order valence-electron chi connectivity index (χ4n) is 7.82. The zero-order chi connectivity index (χ0) is 34.2. The van der Waals surface area contributed by atoms with E-state index in [1.807, 2.05) is 23.5 Å². The number of hydrogen-bond acceptors (Lipinski definition) is 4. The number of hydrogen-bond donors (Lipinski definition) is 0. The summed E-state index contributed by atoms with van der Waals surface area (Å²) in [5, 5.41) is 5.95. The van der Waals surface area contributed by atoms with Crippen LogP contribution in [0.4, 0.5) is 0 Å². The van der Waals surface area contributed by atoms with Crippen LogP contribution in [-0.2, 0) is 0 Å². The molecule has 2 aromatic heterocycles. The SMILES string of the molecule is c1ccc(-c2cccc(-c3nc(-c4ccc5c(c4)-c4cccc6c(-c7ccc8c(c7)sc7ccccc78)ccc(c46)O5)nc4ccccc34)c2)cc1. The van der Waals surface area contributed by atoms with E-state index in [0.29, 0.717) is 5.82 Å². The maximum absolute atomic E-state index is 6.62. The smallest absolute Gasteiger partial charge is 0.160 e. The summed E-state index contributed by atoms with van der Waals surface area (Å²) in [5.74, 6) is 2.39. The van der Waals surface area contributed by atoms with Crippen LogP contribution in [0.3, 0.4) is 0 Å². The average molecular weight is 681 g/mol. The quantitative estimate of drug-likeness (QED) is 0.186. The molecule has 8 aromatic carbocycles. The molecule has 1 aliphatic rings. The molecular weight excluding hydrogens is 653 g/mol. The van der Waals surface area contributed by atoms with Crippen molar-refractivity contribution in [3.05, 3.63) is 170 Å². The van der Waals surface area contributed by atoms with Gasteiger partial charge in [0.1, 0.15) is 11.5 Å². The second-order valence-corrected chi connectivity index (χ2v) is 14.4. The van der Waals surface area contributed by atoms with Gasteiger partial charge in [0.25, 0.3) is 0 Å². The van der Waals surface area contributed by atoms with Crippen LogP contribution in [0.1, 0.15) is 0 Å².